The molecular formula is C14H28N2O. The van der Waals surface area contributed by atoms with E-state index in [9.17, 15) is 4.79 Å². The molecule has 0 aromatic rings. The van der Waals surface area contributed by atoms with Gasteiger partial charge in [-0.15, -0.1) is 0 Å². The molecule has 1 amide bonds. The highest BCUT2D eigenvalue weighted by molar-refractivity contribution is 5.81. The van der Waals surface area contributed by atoms with Crippen LogP contribution in [0.2, 0.25) is 0 Å². The first-order valence-electron chi connectivity index (χ1n) is 7.08. The van der Waals surface area contributed by atoms with E-state index in [0.717, 1.165) is 11.8 Å². The minimum atomic E-state index is -0.0640. The number of amides is 1. The lowest BCUT2D eigenvalue weighted by Crippen LogP contribution is -2.48. The molecule has 3 heteroatoms. The molecule has 1 aliphatic carbocycles. The quantitative estimate of drug-likeness (QED) is 0.774. The maximum Gasteiger partial charge on any atom is 0.236 e. The van der Waals surface area contributed by atoms with Gasteiger partial charge in [0.1, 0.15) is 0 Å². The molecule has 0 saturated heterocycles. The number of hydrogen-bond donors (Lipinski definition) is 2. The Morgan fingerprint density at radius 2 is 2.00 bits per heavy atom. The van der Waals surface area contributed by atoms with Gasteiger partial charge >= 0.3 is 0 Å². The van der Waals surface area contributed by atoms with Crippen LogP contribution in [0.3, 0.4) is 0 Å². The minimum Gasteiger partial charge on any atom is -0.355 e. The highest BCUT2D eigenvalue weighted by Crippen LogP contribution is 2.30. The van der Waals surface area contributed by atoms with Gasteiger partial charge in [0.25, 0.3) is 0 Å². The summed E-state index contributed by atoms with van der Waals surface area (Å²) in [5.74, 6) is 1.71. The third-order valence-corrected chi connectivity index (χ3v) is 3.89. The van der Waals surface area contributed by atoms with Gasteiger partial charge in [0.2, 0.25) is 5.91 Å². The molecule has 0 aliphatic heterocycles. The smallest absolute Gasteiger partial charge is 0.236 e. The summed E-state index contributed by atoms with van der Waals surface area (Å²) < 4.78 is 0. The van der Waals surface area contributed by atoms with E-state index in [1.807, 2.05) is 13.8 Å². The molecule has 0 aromatic heterocycles. The summed E-state index contributed by atoms with van der Waals surface area (Å²) >= 11 is 0. The summed E-state index contributed by atoms with van der Waals surface area (Å²) in [5, 5.41) is 6.34. The van der Waals surface area contributed by atoms with Crippen LogP contribution < -0.4 is 10.6 Å². The van der Waals surface area contributed by atoms with Crippen molar-refractivity contribution in [3.05, 3.63) is 0 Å². The molecule has 17 heavy (non-hydrogen) atoms. The fourth-order valence-electron chi connectivity index (χ4n) is 2.74. The van der Waals surface area contributed by atoms with Gasteiger partial charge in [-0.2, -0.15) is 0 Å². The highest BCUT2D eigenvalue weighted by atomic mass is 16.2. The summed E-state index contributed by atoms with van der Waals surface area (Å²) in [6.07, 6.45) is 5.09. The van der Waals surface area contributed by atoms with Crippen LogP contribution in [0.5, 0.6) is 0 Å². The molecule has 0 spiro atoms. The largest absolute Gasteiger partial charge is 0.355 e. The van der Waals surface area contributed by atoms with E-state index in [4.69, 9.17) is 0 Å². The number of nitrogens with one attached hydrogen (secondary N) is 2. The molecule has 3 nitrogen and oxygen atoms in total. The zero-order chi connectivity index (χ0) is 12.8. The van der Waals surface area contributed by atoms with E-state index in [2.05, 4.69) is 24.5 Å². The first-order chi connectivity index (χ1) is 8.04. The van der Waals surface area contributed by atoms with Crippen LogP contribution in [0.1, 0.15) is 53.4 Å². The summed E-state index contributed by atoms with van der Waals surface area (Å²) in [5.41, 5.74) is 0. The molecule has 1 rings (SSSR count). The van der Waals surface area contributed by atoms with Crippen molar-refractivity contribution in [1.29, 1.82) is 0 Å². The van der Waals surface area contributed by atoms with E-state index in [1.54, 1.807) is 0 Å². The molecule has 0 heterocycles. The SMILES string of the molecule is CCNC(=O)C(C)NC1CCCC(C(C)C)C1. The van der Waals surface area contributed by atoms with Crippen LogP contribution in [0.4, 0.5) is 0 Å². The van der Waals surface area contributed by atoms with E-state index in [-0.39, 0.29) is 11.9 Å². The van der Waals surface area contributed by atoms with Crippen molar-refractivity contribution < 1.29 is 4.79 Å². The van der Waals surface area contributed by atoms with Gasteiger partial charge in [-0.05, 0) is 38.5 Å². The molecule has 100 valence electrons. The van der Waals surface area contributed by atoms with Gasteiger partial charge in [-0.3, -0.25) is 4.79 Å². The molecule has 1 saturated carbocycles. The first-order valence-corrected chi connectivity index (χ1v) is 7.08. The second-order valence-electron chi connectivity index (χ2n) is 5.65. The van der Waals surface area contributed by atoms with Crippen molar-refractivity contribution in [2.75, 3.05) is 6.54 Å². The maximum atomic E-state index is 11.7. The molecule has 0 radical (unpaired) electrons. The van der Waals surface area contributed by atoms with Crippen LogP contribution >= 0.6 is 0 Å². The predicted molar refractivity (Wildman–Crippen MR) is 71.9 cm³/mol. The van der Waals surface area contributed by atoms with Crippen molar-refractivity contribution in [2.45, 2.75) is 65.5 Å². The zero-order valence-electron chi connectivity index (χ0n) is 11.8. The third kappa shape index (κ3) is 4.66. The molecule has 2 N–H and O–H groups in total. The van der Waals surface area contributed by atoms with Crippen molar-refractivity contribution in [2.24, 2.45) is 11.8 Å². The molecule has 1 aliphatic rings. The number of rotatable bonds is 5. The monoisotopic (exact) mass is 240 g/mol. The Kier molecular flexibility index (Phi) is 5.96. The van der Waals surface area contributed by atoms with Crippen molar-refractivity contribution in [3.63, 3.8) is 0 Å². The average Bonchev–Trinajstić information content (AvgIpc) is 2.29. The van der Waals surface area contributed by atoms with Gasteiger partial charge in [-0.25, -0.2) is 0 Å². The minimum absolute atomic E-state index is 0.0640. The predicted octanol–water partition coefficient (Wildman–Crippen LogP) is 2.32. The topological polar surface area (TPSA) is 41.1 Å². The van der Waals surface area contributed by atoms with Crippen LogP contribution in [-0.2, 0) is 4.79 Å². The number of hydrogen-bond acceptors (Lipinski definition) is 2. The van der Waals surface area contributed by atoms with Crippen LogP contribution in [0.15, 0.2) is 0 Å². The van der Waals surface area contributed by atoms with E-state index < -0.39 is 0 Å². The molecule has 0 bridgehead atoms. The Morgan fingerprint density at radius 1 is 1.29 bits per heavy atom. The van der Waals surface area contributed by atoms with Crippen molar-refractivity contribution >= 4 is 5.91 Å². The van der Waals surface area contributed by atoms with Crippen LogP contribution in [-0.4, -0.2) is 24.5 Å². The lowest BCUT2D eigenvalue weighted by molar-refractivity contribution is -0.122. The molecular weight excluding hydrogens is 212 g/mol. The van der Waals surface area contributed by atoms with E-state index >= 15 is 0 Å². The van der Waals surface area contributed by atoms with Crippen LogP contribution in [0, 0.1) is 11.8 Å². The van der Waals surface area contributed by atoms with Crippen molar-refractivity contribution in [1.82, 2.24) is 10.6 Å². The molecule has 3 atom stereocenters. The Balaban J connectivity index is 2.37. The summed E-state index contributed by atoms with van der Waals surface area (Å²) in [6, 6.07) is 0.458. The fraction of sp³-hybridized carbons (Fsp3) is 0.929. The van der Waals surface area contributed by atoms with Gasteiger partial charge in [-0.1, -0.05) is 26.7 Å². The molecule has 3 unspecified atom stereocenters. The summed E-state index contributed by atoms with van der Waals surface area (Å²) in [7, 11) is 0. The molecule has 0 aromatic carbocycles. The molecule has 1 fully saturated rings. The van der Waals surface area contributed by atoms with Gasteiger partial charge < -0.3 is 10.6 Å². The Bertz CT molecular complexity index is 240. The van der Waals surface area contributed by atoms with Crippen LogP contribution in [0.25, 0.3) is 0 Å². The average molecular weight is 240 g/mol. The highest BCUT2D eigenvalue weighted by Gasteiger charge is 2.26. The van der Waals surface area contributed by atoms with Gasteiger partial charge in [0, 0.05) is 12.6 Å². The fourth-order valence-corrected chi connectivity index (χ4v) is 2.74. The summed E-state index contributed by atoms with van der Waals surface area (Å²) in [4.78, 5) is 11.7. The lowest BCUT2D eigenvalue weighted by atomic mass is 9.79. The number of carbonyl (C=O) groups is 1. The zero-order valence-corrected chi connectivity index (χ0v) is 11.8. The van der Waals surface area contributed by atoms with E-state index in [1.165, 1.54) is 25.7 Å². The lowest BCUT2D eigenvalue weighted by Gasteiger charge is -2.33. The maximum absolute atomic E-state index is 11.7. The number of likely N-dealkylation sites (N-methyl/N-ethyl adjacent to an activating group) is 1. The summed E-state index contributed by atoms with van der Waals surface area (Å²) in [6.45, 7) is 9.24. The van der Waals surface area contributed by atoms with Crippen molar-refractivity contribution in [3.8, 4) is 0 Å². The normalized spacial score (nSPS) is 26.9. The Hall–Kier alpha value is -0.570. The second-order valence-corrected chi connectivity index (χ2v) is 5.65. The van der Waals surface area contributed by atoms with Gasteiger partial charge in [0.15, 0.2) is 0 Å². The first kappa shape index (κ1) is 14.5. The standard InChI is InChI=1S/C14H28N2O/c1-5-15-14(17)11(4)16-13-8-6-7-12(9-13)10(2)3/h10-13,16H,5-9H2,1-4H3,(H,15,17). The Morgan fingerprint density at radius 3 is 2.59 bits per heavy atom. The van der Waals surface area contributed by atoms with Gasteiger partial charge in [0.05, 0.1) is 6.04 Å². The number of carbonyl (C=O) groups excluding carboxylic acids is 1. The van der Waals surface area contributed by atoms with E-state index in [0.29, 0.717) is 12.6 Å². The Labute approximate surface area is 106 Å². The third-order valence-electron chi connectivity index (χ3n) is 3.89. The second kappa shape index (κ2) is 7.00.